The first-order valence-electron chi connectivity index (χ1n) is 7.25. The standard InChI is InChI=1S/C16H25NO3/c1-11(17)7-12-9-16(19-3)13(10-15(12)18-2)8-14-5-4-6-20-14/h9-11,14H,4-8,17H2,1-3H3/t11-,14?/m1/s1. The molecule has 1 aliphatic heterocycles. The van der Waals surface area contributed by atoms with Gasteiger partial charge in [-0.1, -0.05) is 0 Å². The van der Waals surface area contributed by atoms with Crippen molar-refractivity contribution < 1.29 is 14.2 Å². The molecule has 0 aromatic heterocycles. The Morgan fingerprint density at radius 2 is 1.90 bits per heavy atom. The molecule has 2 rings (SSSR count). The lowest BCUT2D eigenvalue weighted by atomic mass is 9.99. The number of ether oxygens (including phenoxy) is 3. The van der Waals surface area contributed by atoms with Crippen LogP contribution in [-0.4, -0.2) is 33.0 Å². The molecule has 1 heterocycles. The van der Waals surface area contributed by atoms with Gasteiger partial charge in [0.25, 0.3) is 0 Å². The third-order valence-corrected chi connectivity index (χ3v) is 3.70. The molecule has 2 N–H and O–H groups in total. The third-order valence-electron chi connectivity index (χ3n) is 3.70. The summed E-state index contributed by atoms with van der Waals surface area (Å²) >= 11 is 0. The summed E-state index contributed by atoms with van der Waals surface area (Å²) in [5, 5.41) is 0. The van der Waals surface area contributed by atoms with Gasteiger partial charge in [0, 0.05) is 24.6 Å². The molecule has 20 heavy (non-hydrogen) atoms. The second-order valence-electron chi connectivity index (χ2n) is 5.50. The van der Waals surface area contributed by atoms with Gasteiger partial charge in [0.2, 0.25) is 0 Å². The van der Waals surface area contributed by atoms with Crippen LogP contribution < -0.4 is 15.2 Å². The Morgan fingerprint density at radius 1 is 1.25 bits per heavy atom. The minimum absolute atomic E-state index is 0.0950. The molecule has 1 saturated heterocycles. The number of hydrogen-bond donors (Lipinski definition) is 1. The number of nitrogens with two attached hydrogens (primary N) is 1. The molecule has 0 bridgehead atoms. The second kappa shape index (κ2) is 6.95. The molecule has 0 aliphatic carbocycles. The lowest BCUT2D eigenvalue weighted by Crippen LogP contribution is -2.18. The van der Waals surface area contributed by atoms with E-state index in [-0.39, 0.29) is 6.04 Å². The SMILES string of the molecule is COc1cc(C[C@@H](C)N)c(OC)cc1CC1CCCO1. The second-order valence-corrected chi connectivity index (χ2v) is 5.50. The highest BCUT2D eigenvalue weighted by Crippen LogP contribution is 2.32. The molecule has 1 aromatic rings. The topological polar surface area (TPSA) is 53.7 Å². The van der Waals surface area contributed by atoms with Crippen LogP contribution in [0, 0.1) is 0 Å². The van der Waals surface area contributed by atoms with Crippen LogP contribution in [0.25, 0.3) is 0 Å². The van der Waals surface area contributed by atoms with E-state index in [0.29, 0.717) is 6.10 Å². The Balaban J connectivity index is 2.25. The zero-order valence-corrected chi connectivity index (χ0v) is 12.6. The molecule has 0 spiro atoms. The molecule has 4 nitrogen and oxygen atoms in total. The van der Waals surface area contributed by atoms with E-state index in [0.717, 1.165) is 54.9 Å². The maximum atomic E-state index is 5.89. The van der Waals surface area contributed by atoms with Gasteiger partial charge in [0.05, 0.1) is 20.3 Å². The zero-order chi connectivity index (χ0) is 14.5. The first-order valence-corrected chi connectivity index (χ1v) is 7.25. The largest absolute Gasteiger partial charge is 0.496 e. The van der Waals surface area contributed by atoms with E-state index in [1.165, 1.54) is 0 Å². The molecule has 4 heteroatoms. The summed E-state index contributed by atoms with van der Waals surface area (Å²) in [6.45, 7) is 2.86. The van der Waals surface area contributed by atoms with E-state index in [4.69, 9.17) is 19.9 Å². The Bertz CT molecular complexity index is 440. The average Bonchev–Trinajstić information content (AvgIpc) is 2.92. The lowest BCUT2D eigenvalue weighted by molar-refractivity contribution is 0.111. The highest BCUT2D eigenvalue weighted by molar-refractivity contribution is 5.47. The molecule has 1 unspecified atom stereocenters. The summed E-state index contributed by atoms with van der Waals surface area (Å²) < 4.78 is 16.7. The van der Waals surface area contributed by atoms with Crippen LogP contribution >= 0.6 is 0 Å². The first kappa shape index (κ1) is 15.1. The van der Waals surface area contributed by atoms with Gasteiger partial charge in [-0.05, 0) is 43.9 Å². The maximum Gasteiger partial charge on any atom is 0.122 e. The molecule has 0 radical (unpaired) electrons. The van der Waals surface area contributed by atoms with Crippen LogP contribution in [0.5, 0.6) is 11.5 Å². The normalized spacial score (nSPS) is 19.9. The molecule has 2 atom stereocenters. The Hall–Kier alpha value is -1.26. The van der Waals surface area contributed by atoms with Gasteiger partial charge in [0.15, 0.2) is 0 Å². The van der Waals surface area contributed by atoms with Gasteiger partial charge in [0.1, 0.15) is 11.5 Å². The first-order chi connectivity index (χ1) is 9.63. The number of methoxy groups -OCH3 is 2. The highest BCUT2D eigenvalue weighted by Gasteiger charge is 2.20. The van der Waals surface area contributed by atoms with E-state index < -0.39 is 0 Å². The van der Waals surface area contributed by atoms with Crippen LogP contribution in [0.4, 0.5) is 0 Å². The fourth-order valence-electron chi connectivity index (χ4n) is 2.74. The lowest BCUT2D eigenvalue weighted by Gasteiger charge is -2.18. The van der Waals surface area contributed by atoms with Gasteiger partial charge >= 0.3 is 0 Å². The van der Waals surface area contributed by atoms with Crippen molar-refractivity contribution >= 4 is 0 Å². The van der Waals surface area contributed by atoms with Crippen molar-refractivity contribution in [3.05, 3.63) is 23.3 Å². The summed E-state index contributed by atoms with van der Waals surface area (Å²) in [5.74, 6) is 1.79. The van der Waals surface area contributed by atoms with Gasteiger partial charge < -0.3 is 19.9 Å². The predicted molar refractivity (Wildman–Crippen MR) is 79.6 cm³/mol. The monoisotopic (exact) mass is 279 g/mol. The van der Waals surface area contributed by atoms with Crippen LogP contribution in [0.1, 0.15) is 30.9 Å². The van der Waals surface area contributed by atoms with E-state index in [9.17, 15) is 0 Å². The zero-order valence-electron chi connectivity index (χ0n) is 12.6. The van der Waals surface area contributed by atoms with Crippen molar-refractivity contribution in [2.75, 3.05) is 20.8 Å². The van der Waals surface area contributed by atoms with Crippen LogP contribution in [0.3, 0.4) is 0 Å². The highest BCUT2D eigenvalue weighted by atomic mass is 16.5. The average molecular weight is 279 g/mol. The Morgan fingerprint density at radius 3 is 2.45 bits per heavy atom. The van der Waals surface area contributed by atoms with Gasteiger partial charge in [-0.2, -0.15) is 0 Å². The van der Waals surface area contributed by atoms with Gasteiger partial charge in [-0.15, -0.1) is 0 Å². The fourth-order valence-corrected chi connectivity index (χ4v) is 2.74. The van der Waals surface area contributed by atoms with Gasteiger partial charge in [-0.25, -0.2) is 0 Å². The Kier molecular flexibility index (Phi) is 5.26. The predicted octanol–water partition coefficient (Wildman–Crippen LogP) is 2.32. The number of rotatable bonds is 6. The van der Waals surface area contributed by atoms with E-state index in [2.05, 4.69) is 6.07 Å². The van der Waals surface area contributed by atoms with Crippen molar-refractivity contribution in [3.63, 3.8) is 0 Å². The summed E-state index contributed by atoms with van der Waals surface area (Å²) in [7, 11) is 3.40. The maximum absolute atomic E-state index is 5.89. The molecule has 1 aromatic carbocycles. The molecule has 1 aliphatic rings. The number of hydrogen-bond acceptors (Lipinski definition) is 4. The van der Waals surface area contributed by atoms with Crippen molar-refractivity contribution in [1.29, 1.82) is 0 Å². The van der Waals surface area contributed by atoms with Crippen molar-refractivity contribution in [2.24, 2.45) is 5.73 Å². The van der Waals surface area contributed by atoms with Crippen LogP contribution in [0.15, 0.2) is 12.1 Å². The minimum Gasteiger partial charge on any atom is -0.496 e. The molecule has 1 fully saturated rings. The Labute approximate surface area is 121 Å². The smallest absolute Gasteiger partial charge is 0.122 e. The van der Waals surface area contributed by atoms with E-state index in [1.54, 1.807) is 14.2 Å². The van der Waals surface area contributed by atoms with Crippen molar-refractivity contribution in [2.45, 2.75) is 44.8 Å². The molecular formula is C16H25NO3. The number of benzene rings is 1. The quantitative estimate of drug-likeness (QED) is 0.868. The minimum atomic E-state index is 0.0950. The fraction of sp³-hybridized carbons (Fsp3) is 0.625. The van der Waals surface area contributed by atoms with E-state index >= 15 is 0 Å². The molecule has 112 valence electrons. The van der Waals surface area contributed by atoms with Crippen molar-refractivity contribution in [3.8, 4) is 11.5 Å². The molecule has 0 amide bonds. The molecular weight excluding hydrogens is 254 g/mol. The van der Waals surface area contributed by atoms with Crippen molar-refractivity contribution in [1.82, 2.24) is 0 Å². The van der Waals surface area contributed by atoms with E-state index in [1.807, 2.05) is 13.0 Å². The summed E-state index contributed by atoms with van der Waals surface area (Å²) in [6.07, 6.45) is 4.21. The third kappa shape index (κ3) is 3.64. The van der Waals surface area contributed by atoms with Crippen LogP contribution in [0.2, 0.25) is 0 Å². The van der Waals surface area contributed by atoms with Crippen LogP contribution in [-0.2, 0) is 17.6 Å². The summed E-state index contributed by atoms with van der Waals surface area (Å²) in [5.41, 5.74) is 8.13. The summed E-state index contributed by atoms with van der Waals surface area (Å²) in [6, 6.07) is 4.21. The summed E-state index contributed by atoms with van der Waals surface area (Å²) in [4.78, 5) is 0. The molecule has 0 saturated carbocycles. The van der Waals surface area contributed by atoms with Gasteiger partial charge in [-0.3, -0.25) is 0 Å².